The number of nitriles is 1. The van der Waals surface area contributed by atoms with Gasteiger partial charge in [-0.15, -0.1) is 0 Å². The fourth-order valence-corrected chi connectivity index (χ4v) is 0.338. The van der Waals surface area contributed by atoms with Gasteiger partial charge in [-0.1, -0.05) is 5.16 Å². The number of carbonyl (C=O) groups is 2. The summed E-state index contributed by atoms with van der Waals surface area (Å²) in [5, 5.41) is 25.7. The maximum Gasteiger partial charge on any atom is 0.346 e. The van der Waals surface area contributed by atoms with Crippen LogP contribution in [0.3, 0.4) is 0 Å². The number of nitrogens with two attached hydrogens (primary N) is 1. The average Bonchev–Trinajstić information content (AvgIpc) is 2.22. The molecule has 0 aromatic rings. The first-order valence-electron chi connectivity index (χ1n) is 4.05. The van der Waals surface area contributed by atoms with Crippen molar-refractivity contribution in [3.05, 3.63) is 0 Å². The van der Waals surface area contributed by atoms with Crippen LogP contribution in [0.2, 0.25) is 0 Å². The molecular formula is C8H12N4O5. The zero-order valence-electron chi connectivity index (χ0n) is 9.26. The first-order valence-corrected chi connectivity index (χ1v) is 4.05. The first-order chi connectivity index (χ1) is 7.84. The maximum atomic E-state index is 10.5. The molecule has 0 radical (unpaired) electrons. The van der Waals surface area contributed by atoms with E-state index in [9.17, 15) is 4.79 Å². The largest absolute Gasteiger partial charge is 0.481 e. The van der Waals surface area contributed by atoms with Gasteiger partial charge in [0.15, 0.2) is 5.84 Å². The molecule has 0 aliphatic rings. The molecule has 9 nitrogen and oxygen atoms in total. The summed E-state index contributed by atoms with van der Waals surface area (Å²) in [5.74, 6) is -1.99. The van der Waals surface area contributed by atoms with E-state index in [1.807, 2.05) is 0 Å². The fraction of sp³-hybridized carbons (Fsp3) is 0.375. The molecule has 0 fully saturated rings. The van der Waals surface area contributed by atoms with E-state index in [2.05, 4.69) is 14.7 Å². The van der Waals surface area contributed by atoms with Crippen LogP contribution in [0.1, 0.15) is 6.92 Å². The van der Waals surface area contributed by atoms with Crippen LogP contribution < -0.4 is 5.73 Å². The zero-order valence-corrected chi connectivity index (χ0v) is 9.26. The van der Waals surface area contributed by atoms with Crippen LogP contribution in [-0.2, 0) is 19.2 Å². The third-order valence-electron chi connectivity index (χ3n) is 0.927. The Morgan fingerprint density at radius 1 is 1.59 bits per heavy atom. The first kappa shape index (κ1) is 16.8. The summed E-state index contributed by atoms with van der Waals surface area (Å²) in [6.07, 6.45) is 0. The number of nitrogens with one attached hydrogen (secondary N) is 1. The van der Waals surface area contributed by atoms with Gasteiger partial charge in [0.25, 0.3) is 5.97 Å². The number of methoxy groups -OCH3 is 1. The highest BCUT2D eigenvalue weighted by atomic mass is 16.6. The Kier molecular flexibility index (Phi) is 9.78. The number of nitrogens with zero attached hydrogens (tertiary/aromatic N) is 2. The molecule has 0 aromatic carbocycles. The predicted molar refractivity (Wildman–Crippen MR) is 56.2 cm³/mol. The predicted octanol–water partition coefficient (Wildman–Crippen LogP) is -0.918. The molecule has 9 heteroatoms. The third-order valence-corrected chi connectivity index (χ3v) is 0.927. The molecule has 0 saturated carbocycles. The van der Waals surface area contributed by atoms with Gasteiger partial charge in [-0.2, -0.15) is 5.26 Å². The van der Waals surface area contributed by atoms with Gasteiger partial charge in [0.2, 0.25) is 12.3 Å². The summed E-state index contributed by atoms with van der Waals surface area (Å²) in [4.78, 5) is 23.8. The van der Waals surface area contributed by atoms with Gasteiger partial charge in [-0.05, 0) is 0 Å². The fourth-order valence-electron chi connectivity index (χ4n) is 0.338. The van der Waals surface area contributed by atoms with Crippen molar-refractivity contribution in [1.29, 1.82) is 10.7 Å². The maximum absolute atomic E-state index is 10.5. The summed E-state index contributed by atoms with van der Waals surface area (Å²) in [5.41, 5.74) is 4.55. The van der Waals surface area contributed by atoms with Crippen LogP contribution in [0.25, 0.3) is 0 Å². The summed E-state index contributed by atoms with van der Waals surface area (Å²) in [6.45, 7) is 0.662. The summed E-state index contributed by atoms with van der Waals surface area (Å²) >= 11 is 0. The second-order valence-corrected chi connectivity index (χ2v) is 2.33. The molecule has 4 N–H and O–H groups in total. The Labute approximate surface area is 96.9 Å². The van der Waals surface area contributed by atoms with Crippen LogP contribution in [0, 0.1) is 16.7 Å². The summed E-state index contributed by atoms with van der Waals surface area (Å²) in [7, 11) is 1.19. The SMILES string of the molecule is CC(=O)O.COC(=O)CO/N=C(\C#N)C(=N)N. The van der Waals surface area contributed by atoms with E-state index in [1.54, 1.807) is 0 Å². The van der Waals surface area contributed by atoms with Gasteiger partial charge >= 0.3 is 5.97 Å². The van der Waals surface area contributed by atoms with Crippen molar-refractivity contribution < 1.29 is 24.3 Å². The van der Waals surface area contributed by atoms with Gasteiger partial charge in [-0.25, -0.2) is 4.79 Å². The van der Waals surface area contributed by atoms with Crippen molar-refractivity contribution in [3.8, 4) is 6.07 Å². The van der Waals surface area contributed by atoms with Gasteiger partial charge in [0, 0.05) is 6.92 Å². The van der Waals surface area contributed by atoms with Crippen LogP contribution >= 0.6 is 0 Å². The van der Waals surface area contributed by atoms with Crippen LogP contribution in [0.4, 0.5) is 0 Å². The van der Waals surface area contributed by atoms with Crippen LogP contribution in [-0.4, -0.2) is 42.3 Å². The smallest absolute Gasteiger partial charge is 0.346 e. The van der Waals surface area contributed by atoms with Crippen molar-refractivity contribution in [1.82, 2.24) is 0 Å². The summed E-state index contributed by atoms with van der Waals surface area (Å²) in [6, 6.07) is 1.52. The molecule has 0 bridgehead atoms. The second kappa shape index (κ2) is 9.91. The minimum atomic E-state index is -0.833. The Balaban J connectivity index is 0. The minimum Gasteiger partial charge on any atom is -0.481 e. The molecule has 0 saturated heterocycles. The van der Waals surface area contributed by atoms with Crippen molar-refractivity contribution >= 4 is 23.5 Å². The lowest BCUT2D eigenvalue weighted by Gasteiger charge is -1.97. The second-order valence-electron chi connectivity index (χ2n) is 2.33. The number of hydrogen-bond donors (Lipinski definition) is 3. The lowest BCUT2D eigenvalue weighted by Crippen LogP contribution is -2.21. The number of amidine groups is 1. The number of hydrogen-bond acceptors (Lipinski definition) is 7. The Morgan fingerprint density at radius 3 is 2.35 bits per heavy atom. The molecule has 94 valence electrons. The third kappa shape index (κ3) is 13.4. The molecule has 0 atom stereocenters. The molecule has 0 amide bonds. The number of oxime groups is 1. The number of aliphatic carboxylic acids is 1. The van der Waals surface area contributed by atoms with E-state index in [1.165, 1.54) is 13.2 Å². The number of carboxylic acids is 1. The van der Waals surface area contributed by atoms with Crippen molar-refractivity contribution in [3.63, 3.8) is 0 Å². The summed E-state index contributed by atoms with van der Waals surface area (Å²) < 4.78 is 4.23. The van der Waals surface area contributed by atoms with E-state index >= 15 is 0 Å². The van der Waals surface area contributed by atoms with Gasteiger partial charge in [-0.3, -0.25) is 10.2 Å². The van der Waals surface area contributed by atoms with E-state index < -0.39 is 24.4 Å². The highest BCUT2D eigenvalue weighted by Gasteiger charge is 2.03. The Morgan fingerprint density at radius 2 is 2.06 bits per heavy atom. The average molecular weight is 244 g/mol. The Hall–Kier alpha value is -2.63. The van der Waals surface area contributed by atoms with Crippen LogP contribution in [0.5, 0.6) is 0 Å². The zero-order chi connectivity index (χ0) is 13.8. The number of esters is 1. The lowest BCUT2D eigenvalue weighted by atomic mass is 10.4. The number of ether oxygens (including phenoxy) is 1. The molecule has 17 heavy (non-hydrogen) atoms. The number of rotatable bonds is 4. The van der Waals surface area contributed by atoms with Gasteiger partial charge in [0.05, 0.1) is 7.11 Å². The number of carboxylic acid groups (broad SMARTS) is 1. The normalized spacial score (nSPS) is 9.12. The van der Waals surface area contributed by atoms with Gasteiger partial charge < -0.3 is 20.4 Å². The highest BCUT2D eigenvalue weighted by Crippen LogP contribution is 1.82. The van der Waals surface area contributed by atoms with E-state index in [0.717, 1.165) is 6.92 Å². The topological polar surface area (TPSA) is 159 Å². The molecular weight excluding hydrogens is 232 g/mol. The van der Waals surface area contributed by atoms with Crippen molar-refractivity contribution in [2.45, 2.75) is 6.92 Å². The standard InChI is InChI=1S/C6H8N4O3.C2H4O2/c1-12-5(11)3-13-10-4(2-7)6(8)9;1-2(3)4/h3H2,1H3,(H3,8,9);1H3,(H,3,4)/b10-4+;. The van der Waals surface area contributed by atoms with E-state index in [0.29, 0.717) is 0 Å². The Bertz CT molecular complexity index is 353. The lowest BCUT2D eigenvalue weighted by molar-refractivity contribution is -0.145. The number of carbonyl (C=O) groups excluding carboxylic acids is 1. The van der Waals surface area contributed by atoms with Crippen molar-refractivity contribution in [2.24, 2.45) is 10.9 Å². The molecule has 0 heterocycles. The van der Waals surface area contributed by atoms with Gasteiger partial charge in [0.1, 0.15) is 6.07 Å². The quantitative estimate of drug-likeness (QED) is 0.249. The minimum absolute atomic E-state index is 0.385. The van der Waals surface area contributed by atoms with Crippen molar-refractivity contribution in [2.75, 3.05) is 13.7 Å². The highest BCUT2D eigenvalue weighted by molar-refractivity contribution is 6.45. The molecule has 0 aliphatic heterocycles. The van der Waals surface area contributed by atoms with E-state index in [-0.39, 0.29) is 5.71 Å². The monoisotopic (exact) mass is 244 g/mol. The molecule has 0 spiro atoms. The molecule has 0 unspecified atom stereocenters. The molecule has 0 aromatic heterocycles. The molecule has 0 rings (SSSR count). The molecule has 0 aliphatic carbocycles. The van der Waals surface area contributed by atoms with E-state index in [4.69, 9.17) is 26.3 Å². The van der Waals surface area contributed by atoms with Crippen LogP contribution in [0.15, 0.2) is 5.16 Å².